The summed E-state index contributed by atoms with van der Waals surface area (Å²) >= 11 is 0. The van der Waals surface area contributed by atoms with E-state index in [0.717, 1.165) is 12.8 Å². The predicted octanol–water partition coefficient (Wildman–Crippen LogP) is 2.20. The highest BCUT2D eigenvalue weighted by molar-refractivity contribution is 5.95. The Balaban J connectivity index is 2.84. The molecule has 0 heterocycles. The topological polar surface area (TPSA) is 64.4 Å². The van der Waals surface area contributed by atoms with Gasteiger partial charge < -0.3 is 15.8 Å². The maximum atomic E-state index is 12.0. The number of amides is 1. The second-order valence-corrected chi connectivity index (χ2v) is 3.98. The lowest BCUT2D eigenvalue weighted by Gasteiger charge is -2.15. The maximum absolute atomic E-state index is 12.0. The number of carbonyl (C=O) groups excluding carboxylic acids is 1. The van der Waals surface area contributed by atoms with Crippen LogP contribution in [0.5, 0.6) is 5.75 Å². The van der Waals surface area contributed by atoms with Crippen molar-refractivity contribution in [3.8, 4) is 5.75 Å². The third-order valence-corrected chi connectivity index (χ3v) is 2.75. The van der Waals surface area contributed by atoms with Crippen LogP contribution in [0.1, 0.15) is 37.0 Å². The summed E-state index contributed by atoms with van der Waals surface area (Å²) in [7, 11) is 1.55. The van der Waals surface area contributed by atoms with E-state index in [1.807, 2.05) is 13.8 Å². The number of carbonyl (C=O) groups is 1. The number of methoxy groups -OCH3 is 1. The summed E-state index contributed by atoms with van der Waals surface area (Å²) in [5.74, 6) is 0.490. The molecule has 0 atom stereocenters. The Labute approximate surface area is 102 Å². The Morgan fingerprint density at radius 2 is 2.00 bits per heavy atom. The van der Waals surface area contributed by atoms with Gasteiger partial charge in [-0.2, -0.15) is 0 Å². The van der Waals surface area contributed by atoms with Crippen LogP contribution >= 0.6 is 0 Å². The molecule has 0 spiro atoms. The standard InChI is InChI=1S/C13H20N2O2/c1-4-11(5-2)15-13(16)9-6-10(14)8-12(7-9)17-3/h6-8,11H,4-5,14H2,1-3H3,(H,15,16). The van der Waals surface area contributed by atoms with Crippen LogP contribution in [0.15, 0.2) is 18.2 Å². The minimum Gasteiger partial charge on any atom is -0.497 e. The van der Waals surface area contributed by atoms with Crippen LogP contribution in [0.25, 0.3) is 0 Å². The van der Waals surface area contributed by atoms with E-state index >= 15 is 0 Å². The third kappa shape index (κ3) is 3.66. The first kappa shape index (κ1) is 13.4. The first-order valence-electron chi connectivity index (χ1n) is 5.86. The van der Waals surface area contributed by atoms with Gasteiger partial charge in [-0.25, -0.2) is 0 Å². The van der Waals surface area contributed by atoms with Crippen molar-refractivity contribution in [1.29, 1.82) is 0 Å². The van der Waals surface area contributed by atoms with E-state index in [-0.39, 0.29) is 11.9 Å². The van der Waals surface area contributed by atoms with Gasteiger partial charge in [0.25, 0.3) is 5.91 Å². The quantitative estimate of drug-likeness (QED) is 0.770. The lowest BCUT2D eigenvalue weighted by Crippen LogP contribution is -2.33. The average molecular weight is 236 g/mol. The van der Waals surface area contributed by atoms with Crippen LogP contribution in [0.3, 0.4) is 0 Å². The summed E-state index contributed by atoms with van der Waals surface area (Å²) in [4.78, 5) is 12.0. The molecular formula is C13H20N2O2. The number of anilines is 1. The smallest absolute Gasteiger partial charge is 0.251 e. The van der Waals surface area contributed by atoms with Gasteiger partial charge in [-0.05, 0) is 25.0 Å². The molecule has 0 saturated heterocycles. The third-order valence-electron chi connectivity index (χ3n) is 2.75. The van der Waals surface area contributed by atoms with Crippen LogP contribution < -0.4 is 15.8 Å². The van der Waals surface area contributed by atoms with E-state index < -0.39 is 0 Å². The highest BCUT2D eigenvalue weighted by atomic mass is 16.5. The van der Waals surface area contributed by atoms with Gasteiger partial charge >= 0.3 is 0 Å². The number of hydrogen-bond acceptors (Lipinski definition) is 3. The molecule has 1 rings (SSSR count). The number of nitrogen functional groups attached to an aromatic ring is 1. The molecule has 1 aromatic rings. The van der Waals surface area contributed by atoms with Crippen molar-refractivity contribution in [2.45, 2.75) is 32.7 Å². The van der Waals surface area contributed by atoms with E-state index in [1.165, 1.54) is 0 Å². The molecule has 0 aliphatic carbocycles. The van der Waals surface area contributed by atoms with Gasteiger partial charge in [0.05, 0.1) is 7.11 Å². The minimum absolute atomic E-state index is 0.107. The second kappa shape index (κ2) is 6.13. The van der Waals surface area contributed by atoms with Gasteiger partial charge in [-0.1, -0.05) is 13.8 Å². The molecule has 0 unspecified atom stereocenters. The molecule has 1 amide bonds. The summed E-state index contributed by atoms with van der Waals surface area (Å²) in [6.07, 6.45) is 1.84. The first-order chi connectivity index (χ1) is 8.10. The van der Waals surface area contributed by atoms with Gasteiger partial charge in [-0.15, -0.1) is 0 Å². The van der Waals surface area contributed by atoms with Crippen molar-refractivity contribution in [2.24, 2.45) is 0 Å². The lowest BCUT2D eigenvalue weighted by atomic mass is 10.1. The Morgan fingerprint density at radius 1 is 1.35 bits per heavy atom. The van der Waals surface area contributed by atoms with Crippen molar-refractivity contribution >= 4 is 11.6 Å². The zero-order chi connectivity index (χ0) is 12.8. The molecule has 17 heavy (non-hydrogen) atoms. The van der Waals surface area contributed by atoms with Crippen molar-refractivity contribution in [2.75, 3.05) is 12.8 Å². The van der Waals surface area contributed by atoms with E-state index in [4.69, 9.17) is 10.5 Å². The highest BCUT2D eigenvalue weighted by Crippen LogP contribution is 2.18. The van der Waals surface area contributed by atoms with Crippen LogP contribution in [0, 0.1) is 0 Å². The van der Waals surface area contributed by atoms with E-state index in [2.05, 4.69) is 5.32 Å². The van der Waals surface area contributed by atoms with Gasteiger partial charge in [0.2, 0.25) is 0 Å². The Morgan fingerprint density at radius 3 is 2.53 bits per heavy atom. The lowest BCUT2D eigenvalue weighted by molar-refractivity contribution is 0.0934. The molecule has 4 heteroatoms. The number of nitrogens with one attached hydrogen (secondary N) is 1. The van der Waals surface area contributed by atoms with Crippen LogP contribution in [-0.2, 0) is 0 Å². The van der Waals surface area contributed by atoms with E-state index in [1.54, 1.807) is 25.3 Å². The molecule has 3 N–H and O–H groups in total. The van der Waals surface area contributed by atoms with Gasteiger partial charge in [0.1, 0.15) is 5.75 Å². The molecule has 0 aromatic heterocycles. The fourth-order valence-corrected chi connectivity index (χ4v) is 1.63. The Hall–Kier alpha value is -1.71. The summed E-state index contributed by atoms with van der Waals surface area (Å²) in [5, 5.41) is 2.96. The monoisotopic (exact) mass is 236 g/mol. The Kier molecular flexibility index (Phi) is 4.82. The fourth-order valence-electron chi connectivity index (χ4n) is 1.63. The van der Waals surface area contributed by atoms with E-state index in [0.29, 0.717) is 17.0 Å². The molecular weight excluding hydrogens is 216 g/mol. The van der Waals surface area contributed by atoms with Crippen molar-refractivity contribution in [3.05, 3.63) is 23.8 Å². The molecule has 94 valence electrons. The first-order valence-corrected chi connectivity index (χ1v) is 5.86. The highest BCUT2D eigenvalue weighted by Gasteiger charge is 2.12. The SMILES string of the molecule is CCC(CC)NC(=O)c1cc(N)cc(OC)c1. The molecule has 0 bridgehead atoms. The van der Waals surface area contributed by atoms with E-state index in [9.17, 15) is 4.79 Å². The van der Waals surface area contributed by atoms with Crippen LogP contribution in [-0.4, -0.2) is 19.1 Å². The van der Waals surface area contributed by atoms with Crippen LogP contribution in [0.2, 0.25) is 0 Å². The Bertz CT molecular complexity index is 387. The predicted molar refractivity (Wildman–Crippen MR) is 69.2 cm³/mol. The molecule has 0 fully saturated rings. The summed E-state index contributed by atoms with van der Waals surface area (Å²) in [6.45, 7) is 4.10. The number of ether oxygens (including phenoxy) is 1. The van der Waals surface area contributed by atoms with Gasteiger partial charge in [0, 0.05) is 23.4 Å². The fraction of sp³-hybridized carbons (Fsp3) is 0.462. The number of benzene rings is 1. The molecule has 0 aliphatic heterocycles. The number of nitrogens with two attached hydrogens (primary N) is 1. The maximum Gasteiger partial charge on any atom is 0.251 e. The molecule has 0 aliphatic rings. The second-order valence-electron chi connectivity index (χ2n) is 3.98. The zero-order valence-electron chi connectivity index (χ0n) is 10.6. The van der Waals surface area contributed by atoms with Crippen molar-refractivity contribution in [3.63, 3.8) is 0 Å². The van der Waals surface area contributed by atoms with Crippen LogP contribution in [0.4, 0.5) is 5.69 Å². The summed E-state index contributed by atoms with van der Waals surface area (Å²) in [6, 6.07) is 5.23. The van der Waals surface area contributed by atoms with Crippen molar-refractivity contribution < 1.29 is 9.53 Å². The van der Waals surface area contributed by atoms with Gasteiger partial charge in [0.15, 0.2) is 0 Å². The minimum atomic E-state index is -0.107. The molecule has 1 aromatic carbocycles. The summed E-state index contributed by atoms with van der Waals surface area (Å²) in [5.41, 5.74) is 6.77. The number of rotatable bonds is 5. The average Bonchev–Trinajstić information content (AvgIpc) is 2.34. The molecule has 4 nitrogen and oxygen atoms in total. The van der Waals surface area contributed by atoms with Crippen molar-refractivity contribution in [1.82, 2.24) is 5.32 Å². The number of hydrogen-bond donors (Lipinski definition) is 2. The summed E-state index contributed by atoms with van der Waals surface area (Å²) < 4.78 is 5.08. The zero-order valence-corrected chi connectivity index (χ0v) is 10.6. The largest absolute Gasteiger partial charge is 0.497 e. The van der Waals surface area contributed by atoms with Gasteiger partial charge in [-0.3, -0.25) is 4.79 Å². The normalized spacial score (nSPS) is 10.4. The molecule has 0 saturated carbocycles. The molecule has 0 radical (unpaired) electrons.